The fourth-order valence-corrected chi connectivity index (χ4v) is 4.18. The van der Waals surface area contributed by atoms with Crippen LogP contribution in [0.2, 0.25) is 0 Å². The Kier molecular flexibility index (Phi) is 4.23. The molecule has 0 aliphatic rings. The zero-order chi connectivity index (χ0) is 21.8. The lowest BCUT2D eigenvalue weighted by Gasteiger charge is -2.11. The van der Waals surface area contributed by atoms with Gasteiger partial charge in [0.25, 0.3) is 0 Å². The molecule has 31 heavy (non-hydrogen) atoms. The molecule has 0 radical (unpaired) electrons. The number of nitrogens with one attached hydrogen (secondary N) is 1. The van der Waals surface area contributed by atoms with E-state index in [1.807, 2.05) is 48.5 Å². The van der Waals surface area contributed by atoms with Crippen molar-refractivity contribution in [3.8, 4) is 16.9 Å². The van der Waals surface area contributed by atoms with Gasteiger partial charge in [0.1, 0.15) is 5.75 Å². The van der Waals surface area contributed by atoms with Crippen LogP contribution in [0.4, 0.5) is 13.2 Å². The molecule has 1 N–H and O–H groups in total. The normalized spacial score (nSPS) is 12.6. The van der Waals surface area contributed by atoms with Crippen LogP contribution in [0, 0.1) is 0 Å². The van der Waals surface area contributed by atoms with Gasteiger partial charge in [0.05, 0.1) is 5.52 Å². The van der Waals surface area contributed by atoms with Crippen LogP contribution in [0.3, 0.4) is 0 Å². The highest BCUT2D eigenvalue weighted by atomic mass is 32.2. The number of para-hydroxylation sites is 2. The minimum Gasteiger partial charge on any atom is -0.376 e. The van der Waals surface area contributed by atoms with Crippen molar-refractivity contribution in [3.05, 3.63) is 78.9 Å². The number of hydrogen-bond acceptors (Lipinski definition) is 3. The zero-order valence-corrected chi connectivity index (χ0v) is 16.6. The van der Waals surface area contributed by atoms with Gasteiger partial charge in [-0.1, -0.05) is 54.6 Å². The lowest BCUT2D eigenvalue weighted by Crippen LogP contribution is -2.28. The molecule has 8 heteroatoms. The number of alkyl halides is 3. The Bertz CT molecular complexity index is 1570. The van der Waals surface area contributed by atoms with Crippen molar-refractivity contribution < 1.29 is 25.8 Å². The van der Waals surface area contributed by atoms with Crippen molar-refractivity contribution in [2.75, 3.05) is 0 Å². The SMILES string of the molecule is O=S(=O)(Oc1ccc2cc(-c3cccc4c3[nH]c3ccccc34)ccc2c1)C(F)(F)F. The monoisotopic (exact) mass is 441 g/mol. The molecule has 0 fully saturated rings. The third-order valence-corrected chi connectivity index (χ3v) is 6.13. The first-order chi connectivity index (χ1) is 14.7. The van der Waals surface area contributed by atoms with Gasteiger partial charge in [0.2, 0.25) is 0 Å². The second-order valence-corrected chi connectivity index (χ2v) is 8.64. The molecule has 0 unspecified atom stereocenters. The summed E-state index contributed by atoms with van der Waals surface area (Å²) >= 11 is 0. The standard InChI is InChI=1S/C23H14F3NO3S/c24-23(25,26)31(28,29)30-17-11-10-14-12-16(9-8-15(14)13-17)18-5-3-6-20-19-4-1-2-7-21(19)27-22(18)20/h1-13,27H. The van der Waals surface area contributed by atoms with Crippen molar-refractivity contribution in [1.29, 1.82) is 0 Å². The van der Waals surface area contributed by atoms with E-state index in [-0.39, 0.29) is 0 Å². The maximum atomic E-state index is 12.6. The third kappa shape index (κ3) is 3.29. The predicted octanol–water partition coefficient (Wildman–Crippen LogP) is 6.37. The quantitative estimate of drug-likeness (QED) is 0.261. The van der Waals surface area contributed by atoms with Crippen LogP contribution in [0.15, 0.2) is 78.9 Å². The molecule has 0 aliphatic carbocycles. The van der Waals surface area contributed by atoms with Crippen molar-refractivity contribution in [2.24, 2.45) is 0 Å². The fourth-order valence-electron chi connectivity index (χ4n) is 3.73. The van der Waals surface area contributed by atoms with E-state index in [9.17, 15) is 21.6 Å². The molecule has 0 aliphatic heterocycles. The molecule has 0 atom stereocenters. The number of H-pyrrole nitrogens is 1. The Morgan fingerprint density at radius 1 is 0.774 bits per heavy atom. The van der Waals surface area contributed by atoms with Crippen molar-refractivity contribution in [3.63, 3.8) is 0 Å². The molecule has 0 bridgehead atoms. The van der Waals surface area contributed by atoms with E-state index < -0.39 is 21.4 Å². The smallest absolute Gasteiger partial charge is 0.376 e. The van der Waals surface area contributed by atoms with Gasteiger partial charge < -0.3 is 9.17 Å². The predicted molar refractivity (Wildman–Crippen MR) is 114 cm³/mol. The van der Waals surface area contributed by atoms with Gasteiger partial charge in [-0.05, 0) is 40.6 Å². The highest BCUT2D eigenvalue weighted by molar-refractivity contribution is 7.88. The number of hydrogen-bond donors (Lipinski definition) is 1. The van der Waals surface area contributed by atoms with E-state index in [1.165, 1.54) is 18.2 Å². The molecule has 0 spiro atoms. The van der Waals surface area contributed by atoms with Gasteiger partial charge in [0, 0.05) is 21.9 Å². The van der Waals surface area contributed by atoms with E-state index in [0.29, 0.717) is 5.39 Å². The molecule has 1 aromatic heterocycles. The molecule has 5 aromatic rings. The molecular formula is C23H14F3NO3S. The first-order valence-corrected chi connectivity index (χ1v) is 10.7. The molecule has 1 heterocycles. The van der Waals surface area contributed by atoms with Crippen molar-refractivity contribution in [2.45, 2.75) is 5.51 Å². The van der Waals surface area contributed by atoms with Crippen molar-refractivity contribution in [1.82, 2.24) is 4.98 Å². The lowest BCUT2D eigenvalue weighted by atomic mass is 9.99. The van der Waals surface area contributed by atoms with E-state index in [2.05, 4.69) is 15.2 Å². The molecular weight excluding hydrogens is 427 g/mol. The maximum Gasteiger partial charge on any atom is 0.534 e. The molecule has 0 saturated carbocycles. The van der Waals surface area contributed by atoms with E-state index >= 15 is 0 Å². The number of halogens is 3. The van der Waals surface area contributed by atoms with Gasteiger partial charge in [-0.3, -0.25) is 0 Å². The number of rotatable bonds is 3. The zero-order valence-electron chi connectivity index (χ0n) is 15.8. The average Bonchev–Trinajstić information content (AvgIpc) is 3.11. The molecule has 0 amide bonds. The topological polar surface area (TPSA) is 59.2 Å². The summed E-state index contributed by atoms with van der Waals surface area (Å²) in [5.41, 5.74) is -1.57. The Balaban J connectivity index is 1.58. The number of aromatic amines is 1. The van der Waals surface area contributed by atoms with Crippen LogP contribution in [-0.2, 0) is 10.1 Å². The van der Waals surface area contributed by atoms with Crippen LogP contribution in [0.5, 0.6) is 5.75 Å². The van der Waals surface area contributed by atoms with E-state index in [1.54, 1.807) is 6.07 Å². The molecule has 4 nitrogen and oxygen atoms in total. The number of fused-ring (bicyclic) bond motifs is 4. The molecule has 4 aromatic carbocycles. The maximum absolute atomic E-state index is 12.6. The molecule has 156 valence electrons. The first kappa shape index (κ1) is 19.4. The van der Waals surface area contributed by atoms with Gasteiger partial charge in [-0.2, -0.15) is 21.6 Å². The summed E-state index contributed by atoms with van der Waals surface area (Å²) in [5, 5.41) is 3.51. The Labute approximate surface area is 175 Å². The number of benzene rings is 4. The second-order valence-electron chi connectivity index (χ2n) is 7.11. The Morgan fingerprint density at radius 3 is 2.29 bits per heavy atom. The summed E-state index contributed by atoms with van der Waals surface area (Å²) in [4.78, 5) is 3.45. The highest BCUT2D eigenvalue weighted by Crippen LogP contribution is 2.35. The summed E-state index contributed by atoms with van der Waals surface area (Å²) in [5.74, 6) is -0.393. The largest absolute Gasteiger partial charge is 0.534 e. The Hall–Kier alpha value is -3.52. The lowest BCUT2D eigenvalue weighted by molar-refractivity contribution is -0.0500. The van der Waals surface area contributed by atoms with Crippen LogP contribution in [0.25, 0.3) is 43.7 Å². The van der Waals surface area contributed by atoms with Gasteiger partial charge in [-0.25, -0.2) is 0 Å². The second kappa shape index (κ2) is 6.75. The first-order valence-electron chi connectivity index (χ1n) is 9.27. The minimum absolute atomic E-state index is 0.393. The van der Waals surface area contributed by atoms with Crippen LogP contribution in [0.1, 0.15) is 0 Å². The fraction of sp³-hybridized carbons (Fsp3) is 0.0435. The third-order valence-electron chi connectivity index (χ3n) is 5.15. The van der Waals surface area contributed by atoms with Crippen LogP contribution < -0.4 is 4.18 Å². The van der Waals surface area contributed by atoms with E-state index in [0.717, 1.165) is 38.3 Å². The van der Waals surface area contributed by atoms with Gasteiger partial charge in [-0.15, -0.1) is 0 Å². The summed E-state index contributed by atoms with van der Waals surface area (Å²) < 4.78 is 64.4. The van der Waals surface area contributed by atoms with Gasteiger partial charge >= 0.3 is 15.6 Å². The van der Waals surface area contributed by atoms with Crippen LogP contribution in [-0.4, -0.2) is 18.9 Å². The average molecular weight is 441 g/mol. The number of aromatic nitrogens is 1. The van der Waals surface area contributed by atoms with Gasteiger partial charge in [0.15, 0.2) is 0 Å². The summed E-state index contributed by atoms with van der Waals surface area (Å²) in [6.07, 6.45) is 0. The van der Waals surface area contributed by atoms with Crippen molar-refractivity contribution >= 4 is 42.7 Å². The van der Waals surface area contributed by atoms with E-state index in [4.69, 9.17) is 0 Å². The Morgan fingerprint density at radius 2 is 1.48 bits per heavy atom. The summed E-state index contributed by atoms with van der Waals surface area (Å²) in [6.45, 7) is 0. The summed E-state index contributed by atoms with van der Waals surface area (Å²) in [6, 6.07) is 23.5. The molecule has 5 rings (SSSR count). The summed E-state index contributed by atoms with van der Waals surface area (Å²) in [7, 11) is -5.71. The highest BCUT2D eigenvalue weighted by Gasteiger charge is 2.48. The van der Waals surface area contributed by atoms with Crippen LogP contribution >= 0.6 is 0 Å². The minimum atomic E-state index is -5.71. The molecule has 0 saturated heterocycles.